The summed E-state index contributed by atoms with van der Waals surface area (Å²) in [6, 6.07) is 10.1. The molecule has 0 unspecified atom stereocenters. The molecule has 122 valence electrons. The topological polar surface area (TPSA) is 23.6 Å². The molecule has 2 heterocycles. The molecule has 1 saturated heterocycles. The Hall–Kier alpha value is -1.65. The Morgan fingerprint density at radius 2 is 2.04 bits per heavy atom. The standard InChI is InChI=1S/C19H24N2OS/c1-3-21(13-15-8-10-20(2)12-15)19(22)17-6-4-16(5-7-17)18-9-11-23-14-18/h4-7,9,11,14-15H,3,8,10,12-13H2,1-2H3/t15-/m0/s1. The fraction of sp³-hybridized carbons (Fsp3) is 0.421. The van der Waals surface area contributed by atoms with E-state index in [4.69, 9.17) is 0 Å². The molecule has 1 amide bonds. The van der Waals surface area contributed by atoms with Crippen LogP contribution in [0.25, 0.3) is 11.1 Å². The predicted octanol–water partition coefficient (Wildman–Crippen LogP) is 3.83. The van der Waals surface area contributed by atoms with Gasteiger partial charge in [0.25, 0.3) is 5.91 Å². The Morgan fingerprint density at radius 3 is 2.61 bits per heavy atom. The van der Waals surface area contributed by atoms with Gasteiger partial charge in [-0.1, -0.05) is 12.1 Å². The molecular formula is C19H24N2OS. The maximum atomic E-state index is 12.8. The van der Waals surface area contributed by atoms with E-state index in [0.717, 1.165) is 31.7 Å². The molecule has 3 nitrogen and oxygen atoms in total. The molecule has 1 atom stereocenters. The highest BCUT2D eigenvalue weighted by Crippen LogP contribution is 2.23. The number of hydrogen-bond donors (Lipinski definition) is 0. The van der Waals surface area contributed by atoms with Crippen molar-refractivity contribution in [1.82, 2.24) is 9.80 Å². The quantitative estimate of drug-likeness (QED) is 0.833. The number of likely N-dealkylation sites (tertiary alicyclic amines) is 1. The molecule has 0 radical (unpaired) electrons. The normalized spacial score (nSPS) is 18.3. The summed E-state index contributed by atoms with van der Waals surface area (Å²) in [7, 11) is 2.15. The molecule has 0 spiro atoms. The molecule has 1 aliphatic rings. The van der Waals surface area contributed by atoms with Crippen LogP contribution in [0.15, 0.2) is 41.1 Å². The monoisotopic (exact) mass is 328 g/mol. The smallest absolute Gasteiger partial charge is 0.253 e. The average molecular weight is 328 g/mol. The SMILES string of the molecule is CCN(C[C@H]1CCN(C)C1)C(=O)c1ccc(-c2ccsc2)cc1. The van der Waals surface area contributed by atoms with E-state index in [2.05, 4.69) is 35.7 Å². The van der Waals surface area contributed by atoms with E-state index in [0.29, 0.717) is 5.92 Å². The van der Waals surface area contributed by atoms with Gasteiger partial charge in [-0.05, 0) is 72.9 Å². The van der Waals surface area contributed by atoms with Gasteiger partial charge < -0.3 is 9.80 Å². The van der Waals surface area contributed by atoms with Crippen LogP contribution in [0.2, 0.25) is 0 Å². The Labute approximate surface area is 142 Å². The van der Waals surface area contributed by atoms with E-state index in [1.54, 1.807) is 11.3 Å². The van der Waals surface area contributed by atoms with Crippen molar-refractivity contribution in [3.8, 4) is 11.1 Å². The van der Waals surface area contributed by atoms with Crippen molar-refractivity contribution in [2.75, 3.05) is 33.2 Å². The Bertz CT molecular complexity index is 636. The van der Waals surface area contributed by atoms with Crippen molar-refractivity contribution < 1.29 is 4.79 Å². The molecule has 1 fully saturated rings. The van der Waals surface area contributed by atoms with Gasteiger partial charge in [0.05, 0.1) is 0 Å². The van der Waals surface area contributed by atoms with Crippen molar-refractivity contribution in [2.24, 2.45) is 5.92 Å². The van der Waals surface area contributed by atoms with Crippen LogP contribution < -0.4 is 0 Å². The lowest BCUT2D eigenvalue weighted by Crippen LogP contribution is -2.36. The average Bonchev–Trinajstić information content (AvgIpc) is 3.24. The number of benzene rings is 1. The second-order valence-electron chi connectivity index (χ2n) is 6.35. The third kappa shape index (κ3) is 3.82. The van der Waals surface area contributed by atoms with Gasteiger partial charge in [-0.2, -0.15) is 11.3 Å². The summed E-state index contributed by atoms with van der Waals surface area (Å²) in [5, 5.41) is 4.21. The van der Waals surface area contributed by atoms with Gasteiger partial charge in [0.1, 0.15) is 0 Å². The van der Waals surface area contributed by atoms with Crippen molar-refractivity contribution >= 4 is 17.2 Å². The van der Waals surface area contributed by atoms with Gasteiger partial charge in [0.15, 0.2) is 0 Å². The summed E-state index contributed by atoms with van der Waals surface area (Å²) >= 11 is 1.69. The molecule has 1 aromatic carbocycles. The maximum absolute atomic E-state index is 12.8. The lowest BCUT2D eigenvalue weighted by atomic mass is 10.0. The highest BCUT2D eigenvalue weighted by Gasteiger charge is 2.24. The molecule has 0 aliphatic carbocycles. The highest BCUT2D eigenvalue weighted by molar-refractivity contribution is 7.08. The third-order valence-electron chi connectivity index (χ3n) is 4.62. The lowest BCUT2D eigenvalue weighted by Gasteiger charge is -2.24. The fourth-order valence-corrected chi connectivity index (χ4v) is 3.92. The van der Waals surface area contributed by atoms with Crippen LogP contribution in [0.5, 0.6) is 0 Å². The molecule has 0 N–H and O–H groups in total. The summed E-state index contributed by atoms with van der Waals surface area (Å²) in [6.45, 7) is 5.94. The van der Waals surface area contributed by atoms with Crippen LogP contribution in [-0.2, 0) is 0 Å². The first-order valence-corrected chi connectivity index (χ1v) is 9.22. The van der Waals surface area contributed by atoms with Gasteiger partial charge in [0.2, 0.25) is 0 Å². The zero-order valence-electron chi connectivity index (χ0n) is 13.9. The van der Waals surface area contributed by atoms with Gasteiger partial charge >= 0.3 is 0 Å². The number of carbonyl (C=O) groups excluding carboxylic acids is 1. The molecule has 0 bridgehead atoms. The van der Waals surface area contributed by atoms with Crippen LogP contribution in [0, 0.1) is 5.92 Å². The summed E-state index contributed by atoms with van der Waals surface area (Å²) in [5.41, 5.74) is 3.18. The molecule has 0 saturated carbocycles. The van der Waals surface area contributed by atoms with E-state index in [9.17, 15) is 4.79 Å². The lowest BCUT2D eigenvalue weighted by molar-refractivity contribution is 0.0740. The number of hydrogen-bond acceptors (Lipinski definition) is 3. The summed E-state index contributed by atoms with van der Waals surface area (Å²) < 4.78 is 0. The van der Waals surface area contributed by atoms with Crippen molar-refractivity contribution in [2.45, 2.75) is 13.3 Å². The summed E-state index contributed by atoms with van der Waals surface area (Å²) in [4.78, 5) is 17.1. The van der Waals surface area contributed by atoms with Crippen molar-refractivity contribution in [3.05, 3.63) is 46.7 Å². The number of amides is 1. The Balaban J connectivity index is 1.68. The molecule has 4 heteroatoms. The van der Waals surface area contributed by atoms with E-state index >= 15 is 0 Å². The van der Waals surface area contributed by atoms with Gasteiger partial charge in [-0.15, -0.1) is 0 Å². The van der Waals surface area contributed by atoms with Crippen molar-refractivity contribution in [3.63, 3.8) is 0 Å². The predicted molar refractivity (Wildman–Crippen MR) is 96.9 cm³/mol. The Morgan fingerprint density at radius 1 is 1.26 bits per heavy atom. The number of thiophene rings is 1. The van der Waals surface area contributed by atoms with E-state index in [1.807, 2.05) is 29.2 Å². The molecular weight excluding hydrogens is 304 g/mol. The van der Waals surface area contributed by atoms with Crippen LogP contribution in [0.1, 0.15) is 23.7 Å². The largest absolute Gasteiger partial charge is 0.339 e. The number of carbonyl (C=O) groups is 1. The summed E-state index contributed by atoms with van der Waals surface area (Å²) in [5.74, 6) is 0.757. The second-order valence-corrected chi connectivity index (χ2v) is 7.13. The third-order valence-corrected chi connectivity index (χ3v) is 5.31. The minimum atomic E-state index is 0.152. The molecule has 3 rings (SSSR count). The van der Waals surface area contributed by atoms with Crippen molar-refractivity contribution in [1.29, 1.82) is 0 Å². The molecule has 2 aromatic rings. The minimum Gasteiger partial charge on any atom is -0.339 e. The second kappa shape index (κ2) is 7.28. The maximum Gasteiger partial charge on any atom is 0.253 e. The van der Waals surface area contributed by atoms with Crippen LogP contribution in [0.3, 0.4) is 0 Å². The fourth-order valence-electron chi connectivity index (χ4n) is 3.26. The van der Waals surface area contributed by atoms with E-state index in [-0.39, 0.29) is 5.91 Å². The van der Waals surface area contributed by atoms with Gasteiger partial charge in [-0.25, -0.2) is 0 Å². The highest BCUT2D eigenvalue weighted by atomic mass is 32.1. The first kappa shape index (κ1) is 16.2. The van der Waals surface area contributed by atoms with Crippen LogP contribution >= 0.6 is 11.3 Å². The molecule has 1 aromatic heterocycles. The first-order chi connectivity index (χ1) is 11.2. The Kier molecular flexibility index (Phi) is 5.13. The molecule has 1 aliphatic heterocycles. The van der Waals surface area contributed by atoms with Gasteiger partial charge in [-0.3, -0.25) is 4.79 Å². The van der Waals surface area contributed by atoms with Crippen LogP contribution in [0.4, 0.5) is 0 Å². The molecule has 23 heavy (non-hydrogen) atoms. The first-order valence-electron chi connectivity index (χ1n) is 8.28. The number of nitrogens with zero attached hydrogens (tertiary/aromatic N) is 2. The summed E-state index contributed by atoms with van der Waals surface area (Å²) in [6.07, 6.45) is 1.19. The van der Waals surface area contributed by atoms with E-state index in [1.165, 1.54) is 17.5 Å². The zero-order chi connectivity index (χ0) is 16.2. The zero-order valence-corrected chi connectivity index (χ0v) is 14.7. The minimum absolute atomic E-state index is 0.152. The van der Waals surface area contributed by atoms with Crippen LogP contribution in [-0.4, -0.2) is 48.9 Å². The van der Waals surface area contributed by atoms with E-state index < -0.39 is 0 Å². The number of rotatable bonds is 5. The van der Waals surface area contributed by atoms with Gasteiger partial charge in [0, 0.05) is 25.2 Å².